The van der Waals surface area contributed by atoms with Crippen molar-refractivity contribution in [1.29, 1.82) is 0 Å². The highest BCUT2D eigenvalue weighted by Gasteiger charge is 2.54. The van der Waals surface area contributed by atoms with Crippen molar-refractivity contribution >= 4 is 57.5 Å². The lowest BCUT2D eigenvalue weighted by Crippen LogP contribution is -2.67. The number of fused-ring (bicyclic) bond motifs is 1. The lowest BCUT2D eigenvalue weighted by atomic mass is 9.87. The summed E-state index contributed by atoms with van der Waals surface area (Å²) in [5.41, 5.74) is 2.38. The van der Waals surface area contributed by atoms with Gasteiger partial charge in [0.15, 0.2) is 5.78 Å². The number of carbonyl (C=O) groups is 3. The molecule has 49 heavy (non-hydrogen) atoms. The summed E-state index contributed by atoms with van der Waals surface area (Å²) in [6, 6.07) is 11.0. The van der Waals surface area contributed by atoms with Crippen molar-refractivity contribution < 1.29 is 28.6 Å². The normalized spacial score (nSPS) is 23.1. The minimum Gasteiger partial charge on any atom is -0.466 e. The van der Waals surface area contributed by atoms with Gasteiger partial charge >= 0.3 is 5.97 Å². The van der Waals surface area contributed by atoms with Gasteiger partial charge in [-0.05, 0) is 75.6 Å². The quantitative estimate of drug-likeness (QED) is 0.214. The molecule has 2 atom stereocenters. The number of ether oxygens (including phenoxy) is 3. The largest absolute Gasteiger partial charge is 0.466 e. The number of rotatable bonds is 12. The molecule has 0 bridgehead atoms. The standard InChI is InChI=1S/C37H46Cl2N4O6/c1-4-48-36(46)24-11-13-26(14-12-24)49-37(42-16-7-8-17-42,43-18-15-27(22-43)47-3)34(44)20-25-19-31(39)32(21-30(25)38)40-35(45)29-23-41(2)33-10-6-5-9-28(29)33/h5-6,9-10,19,21,23-24,26-27H,4,7-8,11-18,20,22H2,1-3H3,(H,40,45)/t24?,26?,27-,37?/m1/s1. The van der Waals surface area contributed by atoms with Crippen LogP contribution in [0.5, 0.6) is 0 Å². The Hall–Kier alpha value is -2.99. The number of para-hydroxylation sites is 1. The Kier molecular flexibility index (Phi) is 11.3. The fourth-order valence-electron chi connectivity index (χ4n) is 7.71. The number of methoxy groups -OCH3 is 1. The van der Waals surface area contributed by atoms with Gasteiger partial charge in [0.25, 0.3) is 5.91 Å². The van der Waals surface area contributed by atoms with E-state index < -0.39 is 5.85 Å². The van der Waals surface area contributed by atoms with Gasteiger partial charge in [-0.2, -0.15) is 0 Å². The molecule has 1 N–H and O–H groups in total. The molecule has 0 spiro atoms. The first kappa shape index (κ1) is 35.8. The molecule has 264 valence electrons. The third-order valence-electron chi connectivity index (χ3n) is 10.3. The molecule has 3 fully saturated rings. The molecule has 3 heterocycles. The van der Waals surface area contributed by atoms with Gasteiger partial charge in [-0.25, -0.2) is 0 Å². The van der Waals surface area contributed by atoms with Crippen LogP contribution < -0.4 is 5.32 Å². The van der Waals surface area contributed by atoms with E-state index in [1.807, 2.05) is 42.8 Å². The van der Waals surface area contributed by atoms with Gasteiger partial charge in [-0.3, -0.25) is 24.2 Å². The number of likely N-dealkylation sites (tertiary alicyclic amines) is 2. The van der Waals surface area contributed by atoms with E-state index in [4.69, 9.17) is 37.4 Å². The first-order chi connectivity index (χ1) is 23.6. The van der Waals surface area contributed by atoms with Gasteiger partial charge in [0, 0.05) is 68.9 Å². The lowest BCUT2D eigenvalue weighted by molar-refractivity contribution is -0.253. The minimum absolute atomic E-state index is 0.0133. The number of esters is 1. The van der Waals surface area contributed by atoms with Crippen molar-refractivity contribution in [2.75, 3.05) is 45.2 Å². The molecule has 1 aromatic heterocycles. The number of halogens is 2. The molecule has 6 rings (SSSR count). The third-order valence-corrected chi connectivity index (χ3v) is 11.0. The summed E-state index contributed by atoms with van der Waals surface area (Å²) in [5, 5.41) is 4.36. The number of amides is 1. The molecule has 2 aliphatic heterocycles. The first-order valence-electron chi connectivity index (χ1n) is 17.4. The molecular weight excluding hydrogens is 667 g/mol. The molecule has 1 amide bonds. The number of aromatic nitrogens is 1. The third kappa shape index (κ3) is 7.41. The van der Waals surface area contributed by atoms with Crippen LogP contribution in [0.1, 0.15) is 67.8 Å². The molecular formula is C37H46Cl2N4O6. The van der Waals surface area contributed by atoms with Crippen molar-refractivity contribution in [3.05, 3.63) is 63.8 Å². The summed E-state index contributed by atoms with van der Waals surface area (Å²) in [6.45, 7) is 4.84. The summed E-state index contributed by atoms with van der Waals surface area (Å²) in [7, 11) is 3.60. The maximum atomic E-state index is 14.9. The second kappa shape index (κ2) is 15.5. The van der Waals surface area contributed by atoms with Gasteiger partial charge in [0.1, 0.15) is 0 Å². The van der Waals surface area contributed by atoms with E-state index in [1.165, 1.54) is 0 Å². The number of anilines is 1. The second-order valence-corrected chi connectivity index (χ2v) is 14.2. The first-order valence-corrected chi connectivity index (χ1v) is 18.1. The van der Waals surface area contributed by atoms with Crippen LogP contribution in [-0.4, -0.2) is 90.0 Å². The van der Waals surface area contributed by atoms with E-state index in [0.29, 0.717) is 67.2 Å². The molecule has 1 saturated carbocycles. The Morgan fingerprint density at radius 1 is 0.939 bits per heavy atom. The monoisotopic (exact) mass is 712 g/mol. The average Bonchev–Trinajstić information content (AvgIpc) is 3.88. The average molecular weight is 714 g/mol. The van der Waals surface area contributed by atoms with Crippen LogP contribution in [0.2, 0.25) is 10.0 Å². The summed E-state index contributed by atoms with van der Waals surface area (Å²) >= 11 is 13.6. The molecule has 1 unspecified atom stereocenters. The Morgan fingerprint density at radius 3 is 2.37 bits per heavy atom. The Bertz CT molecular complexity index is 1680. The molecule has 2 saturated heterocycles. The number of nitrogens with zero attached hydrogens (tertiary/aromatic N) is 3. The van der Waals surface area contributed by atoms with Gasteiger partial charge in [0.2, 0.25) is 5.85 Å². The van der Waals surface area contributed by atoms with Crippen LogP contribution in [0.15, 0.2) is 42.6 Å². The predicted molar refractivity (Wildman–Crippen MR) is 190 cm³/mol. The fraction of sp³-hybridized carbons (Fsp3) is 0.541. The Balaban J connectivity index is 1.26. The molecule has 3 aliphatic rings. The van der Waals surface area contributed by atoms with E-state index >= 15 is 0 Å². The van der Waals surface area contributed by atoms with Crippen LogP contribution in [0.3, 0.4) is 0 Å². The molecule has 10 nitrogen and oxygen atoms in total. The van der Waals surface area contributed by atoms with Crippen LogP contribution in [0.25, 0.3) is 10.9 Å². The van der Waals surface area contributed by atoms with E-state index in [-0.39, 0.29) is 47.2 Å². The number of benzene rings is 2. The van der Waals surface area contributed by atoms with Crippen molar-refractivity contribution in [3.8, 4) is 0 Å². The molecule has 12 heteroatoms. The maximum Gasteiger partial charge on any atom is 0.308 e. The van der Waals surface area contributed by atoms with E-state index in [1.54, 1.807) is 25.4 Å². The van der Waals surface area contributed by atoms with Crippen LogP contribution >= 0.6 is 23.2 Å². The number of carbonyl (C=O) groups excluding carboxylic acids is 3. The zero-order valence-electron chi connectivity index (χ0n) is 28.5. The van der Waals surface area contributed by atoms with Gasteiger partial charge in [0.05, 0.1) is 41.0 Å². The van der Waals surface area contributed by atoms with Crippen LogP contribution in [-0.2, 0) is 37.3 Å². The zero-order valence-corrected chi connectivity index (χ0v) is 30.0. The van der Waals surface area contributed by atoms with Crippen molar-refractivity contribution in [1.82, 2.24) is 14.4 Å². The smallest absolute Gasteiger partial charge is 0.308 e. The van der Waals surface area contributed by atoms with Crippen LogP contribution in [0, 0.1) is 5.92 Å². The summed E-state index contributed by atoms with van der Waals surface area (Å²) < 4.78 is 20.0. The minimum atomic E-state index is -1.32. The van der Waals surface area contributed by atoms with Crippen molar-refractivity contribution in [2.24, 2.45) is 13.0 Å². The van der Waals surface area contributed by atoms with E-state index in [9.17, 15) is 14.4 Å². The maximum absolute atomic E-state index is 14.9. The Morgan fingerprint density at radius 2 is 1.67 bits per heavy atom. The molecule has 1 aliphatic carbocycles. The highest BCUT2D eigenvalue weighted by atomic mass is 35.5. The molecule has 3 aromatic rings. The summed E-state index contributed by atoms with van der Waals surface area (Å²) in [6.07, 6.45) is 6.90. The van der Waals surface area contributed by atoms with E-state index in [2.05, 4.69) is 15.1 Å². The van der Waals surface area contributed by atoms with Gasteiger partial charge in [-0.15, -0.1) is 0 Å². The topological polar surface area (TPSA) is 102 Å². The Labute approximate surface area is 297 Å². The number of hydrogen-bond acceptors (Lipinski definition) is 8. The van der Waals surface area contributed by atoms with Crippen molar-refractivity contribution in [2.45, 2.75) is 76.3 Å². The van der Waals surface area contributed by atoms with Crippen molar-refractivity contribution in [3.63, 3.8) is 0 Å². The predicted octanol–water partition coefficient (Wildman–Crippen LogP) is 6.46. The summed E-state index contributed by atoms with van der Waals surface area (Å²) in [5.74, 6) is -2.05. The van der Waals surface area contributed by atoms with Crippen LogP contribution in [0.4, 0.5) is 5.69 Å². The number of aryl methyl sites for hydroxylation is 1. The summed E-state index contributed by atoms with van der Waals surface area (Å²) in [4.78, 5) is 45.0. The fourth-order valence-corrected chi connectivity index (χ4v) is 8.18. The van der Waals surface area contributed by atoms with Gasteiger partial charge < -0.3 is 24.1 Å². The van der Waals surface area contributed by atoms with Gasteiger partial charge in [-0.1, -0.05) is 41.4 Å². The zero-order chi connectivity index (χ0) is 34.7. The molecule has 2 aromatic carbocycles. The molecule has 0 radical (unpaired) electrons. The number of nitrogens with one attached hydrogen (secondary N) is 1. The highest BCUT2D eigenvalue weighted by molar-refractivity contribution is 6.36. The van der Waals surface area contributed by atoms with E-state index in [0.717, 1.165) is 43.3 Å². The number of Topliss-reactive ketones (excluding diaryl/α,β-unsaturated/α-hetero) is 1. The lowest BCUT2D eigenvalue weighted by Gasteiger charge is -2.48. The number of ketones is 1. The number of hydrogen-bond donors (Lipinski definition) is 1. The highest BCUT2D eigenvalue weighted by Crippen LogP contribution is 2.39. The SMILES string of the molecule is CCOC(=O)C1CCC(OC(C(=O)Cc2cc(Cl)c(NC(=O)c3cn(C)c4ccccc34)cc2Cl)(N2CCCC2)N2CC[C@@H](OC)C2)CC1. The second-order valence-electron chi connectivity index (χ2n) is 13.4.